The van der Waals surface area contributed by atoms with Gasteiger partial charge in [0.15, 0.2) is 0 Å². The average molecular weight is 356 g/mol. The molecule has 0 bridgehead atoms. The Labute approximate surface area is 148 Å². The number of sulfonamides is 1. The molecule has 6 nitrogen and oxygen atoms in total. The van der Waals surface area contributed by atoms with Crippen molar-refractivity contribution in [3.63, 3.8) is 0 Å². The zero-order chi connectivity index (χ0) is 18.0. The molecule has 0 unspecified atom stereocenters. The fourth-order valence-electron chi connectivity index (χ4n) is 2.95. The van der Waals surface area contributed by atoms with Gasteiger partial charge in [-0.2, -0.15) is 9.57 Å². The quantitative estimate of drug-likeness (QED) is 0.849. The van der Waals surface area contributed by atoms with E-state index in [0.717, 1.165) is 11.3 Å². The number of hydrogen-bond donors (Lipinski definition) is 1. The molecule has 0 saturated carbocycles. The van der Waals surface area contributed by atoms with Crippen LogP contribution in [0.15, 0.2) is 47.4 Å². The largest absolute Gasteiger partial charge is 0.399 e. The molecule has 0 amide bonds. The number of aryl methyl sites for hydroxylation is 1. The second-order valence-corrected chi connectivity index (χ2v) is 8.03. The summed E-state index contributed by atoms with van der Waals surface area (Å²) in [7, 11) is -3.49. The number of rotatable bonds is 3. The Morgan fingerprint density at radius 2 is 1.68 bits per heavy atom. The Hall–Kier alpha value is -2.56. The predicted molar refractivity (Wildman–Crippen MR) is 97.7 cm³/mol. The number of anilines is 2. The number of nitriles is 1. The van der Waals surface area contributed by atoms with Crippen molar-refractivity contribution in [2.24, 2.45) is 0 Å². The normalized spacial score (nSPS) is 15.8. The maximum atomic E-state index is 12.7. The summed E-state index contributed by atoms with van der Waals surface area (Å²) in [6.07, 6.45) is 0. The molecule has 7 heteroatoms. The zero-order valence-electron chi connectivity index (χ0n) is 14.0. The summed E-state index contributed by atoms with van der Waals surface area (Å²) >= 11 is 0. The monoisotopic (exact) mass is 356 g/mol. The zero-order valence-corrected chi connectivity index (χ0v) is 14.8. The van der Waals surface area contributed by atoms with Gasteiger partial charge in [0, 0.05) is 31.9 Å². The summed E-state index contributed by atoms with van der Waals surface area (Å²) in [5, 5.41) is 9.29. The second kappa shape index (κ2) is 6.75. The van der Waals surface area contributed by atoms with Crippen LogP contribution in [0.3, 0.4) is 0 Å². The van der Waals surface area contributed by atoms with Crippen LogP contribution in [-0.4, -0.2) is 38.9 Å². The Bertz CT molecular complexity index is 909. The maximum Gasteiger partial charge on any atom is 0.243 e. The summed E-state index contributed by atoms with van der Waals surface area (Å²) < 4.78 is 27.0. The van der Waals surface area contributed by atoms with Crippen LogP contribution >= 0.6 is 0 Å². The van der Waals surface area contributed by atoms with Gasteiger partial charge in [-0.1, -0.05) is 17.7 Å². The van der Waals surface area contributed by atoms with Gasteiger partial charge in [0.05, 0.1) is 16.1 Å². The summed E-state index contributed by atoms with van der Waals surface area (Å²) in [5.74, 6) is 0. The molecule has 0 radical (unpaired) electrons. The molecule has 0 aliphatic carbocycles. The van der Waals surface area contributed by atoms with Crippen LogP contribution in [0.1, 0.15) is 11.1 Å². The van der Waals surface area contributed by atoms with Crippen LogP contribution in [0.2, 0.25) is 0 Å². The van der Waals surface area contributed by atoms with Gasteiger partial charge in [-0.25, -0.2) is 8.42 Å². The molecule has 3 rings (SSSR count). The Balaban J connectivity index is 1.76. The van der Waals surface area contributed by atoms with Crippen molar-refractivity contribution in [3.05, 3.63) is 53.6 Å². The lowest BCUT2D eigenvalue weighted by Gasteiger charge is -2.35. The smallest absolute Gasteiger partial charge is 0.243 e. The van der Waals surface area contributed by atoms with E-state index in [1.165, 1.54) is 4.31 Å². The highest BCUT2D eigenvalue weighted by molar-refractivity contribution is 7.89. The standard InChI is InChI=1S/C18H20N4O2S/c1-14-2-5-17(6-3-14)25(23,24)22-10-8-21(9-11-22)18-7-4-16(20)12-15(18)13-19/h2-7,12H,8-11,20H2,1H3. The SMILES string of the molecule is Cc1ccc(S(=O)(=O)N2CCN(c3ccc(N)cc3C#N)CC2)cc1. The molecule has 25 heavy (non-hydrogen) atoms. The number of piperazine rings is 1. The van der Waals surface area contributed by atoms with Gasteiger partial charge >= 0.3 is 0 Å². The van der Waals surface area contributed by atoms with E-state index in [4.69, 9.17) is 5.73 Å². The molecule has 2 aromatic carbocycles. The molecule has 1 aliphatic heterocycles. The molecule has 2 aromatic rings. The molecular weight excluding hydrogens is 336 g/mol. The van der Waals surface area contributed by atoms with E-state index in [2.05, 4.69) is 6.07 Å². The van der Waals surface area contributed by atoms with Crippen molar-refractivity contribution in [1.82, 2.24) is 4.31 Å². The highest BCUT2D eigenvalue weighted by atomic mass is 32.2. The first-order valence-corrected chi connectivity index (χ1v) is 9.47. The molecule has 130 valence electrons. The van der Waals surface area contributed by atoms with Gasteiger partial charge < -0.3 is 10.6 Å². The van der Waals surface area contributed by atoms with Crippen LogP contribution in [0.25, 0.3) is 0 Å². The van der Waals surface area contributed by atoms with Crippen molar-refractivity contribution < 1.29 is 8.42 Å². The van der Waals surface area contributed by atoms with E-state index in [9.17, 15) is 13.7 Å². The number of benzene rings is 2. The van der Waals surface area contributed by atoms with Gasteiger partial charge in [0.25, 0.3) is 0 Å². The van der Waals surface area contributed by atoms with E-state index < -0.39 is 10.0 Å². The van der Waals surface area contributed by atoms with Gasteiger partial charge in [-0.15, -0.1) is 0 Å². The van der Waals surface area contributed by atoms with Crippen molar-refractivity contribution in [1.29, 1.82) is 5.26 Å². The summed E-state index contributed by atoms with van der Waals surface area (Å²) in [6, 6.07) is 14.3. The molecule has 0 spiro atoms. The average Bonchev–Trinajstić information content (AvgIpc) is 2.62. The van der Waals surface area contributed by atoms with Crippen molar-refractivity contribution in [2.75, 3.05) is 36.8 Å². The molecule has 2 N–H and O–H groups in total. The minimum absolute atomic E-state index is 0.316. The van der Waals surface area contributed by atoms with Crippen LogP contribution in [0.4, 0.5) is 11.4 Å². The molecule has 1 aliphatic rings. The van der Waals surface area contributed by atoms with Crippen LogP contribution < -0.4 is 10.6 Å². The number of nitrogens with two attached hydrogens (primary N) is 1. The Morgan fingerprint density at radius 1 is 1.04 bits per heavy atom. The lowest BCUT2D eigenvalue weighted by Crippen LogP contribution is -2.48. The fraction of sp³-hybridized carbons (Fsp3) is 0.278. The van der Waals surface area contributed by atoms with E-state index >= 15 is 0 Å². The number of nitrogen functional groups attached to an aromatic ring is 1. The fourth-order valence-corrected chi connectivity index (χ4v) is 4.37. The third-order valence-electron chi connectivity index (χ3n) is 4.38. The first kappa shape index (κ1) is 17.3. The summed E-state index contributed by atoms with van der Waals surface area (Å²) in [6.45, 7) is 3.75. The predicted octanol–water partition coefficient (Wildman–Crippen LogP) is 1.96. The van der Waals surface area contributed by atoms with E-state index in [0.29, 0.717) is 42.3 Å². The topological polar surface area (TPSA) is 90.4 Å². The Morgan fingerprint density at radius 3 is 2.28 bits per heavy atom. The third-order valence-corrected chi connectivity index (χ3v) is 6.29. The third kappa shape index (κ3) is 3.45. The van der Waals surface area contributed by atoms with E-state index in [-0.39, 0.29) is 0 Å². The molecule has 0 atom stereocenters. The molecule has 1 fully saturated rings. The minimum atomic E-state index is -3.49. The Kier molecular flexibility index (Phi) is 4.66. The van der Waals surface area contributed by atoms with Crippen molar-refractivity contribution >= 4 is 21.4 Å². The molecule has 1 saturated heterocycles. The number of nitrogens with zero attached hydrogens (tertiary/aromatic N) is 3. The van der Waals surface area contributed by atoms with Gasteiger partial charge in [0.1, 0.15) is 6.07 Å². The summed E-state index contributed by atoms with van der Waals surface area (Å²) in [5.41, 5.74) is 8.60. The maximum absolute atomic E-state index is 12.7. The van der Waals surface area contributed by atoms with Gasteiger partial charge in [0.2, 0.25) is 10.0 Å². The first-order valence-electron chi connectivity index (χ1n) is 8.03. The van der Waals surface area contributed by atoms with Crippen LogP contribution in [0.5, 0.6) is 0 Å². The van der Waals surface area contributed by atoms with E-state index in [1.807, 2.05) is 17.9 Å². The van der Waals surface area contributed by atoms with Crippen LogP contribution in [0, 0.1) is 18.3 Å². The minimum Gasteiger partial charge on any atom is -0.399 e. The lowest BCUT2D eigenvalue weighted by atomic mass is 10.1. The van der Waals surface area contributed by atoms with Crippen molar-refractivity contribution in [3.8, 4) is 6.07 Å². The molecule has 0 aromatic heterocycles. The van der Waals surface area contributed by atoms with Gasteiger partial charge in [-0.3, -0.25) is 0 Å². The first-order chi connectivity index (χ1) is 11.9. The highest BCUT2D eigenvalue weighted by Gasteiger charge is 2.29. The lowest BCUT2D eigenvalue weighted by molar-refractivity contribution is 0.385. The van der Waals surface area contributed by atoms with Crippen LogP contribution in [-0.2, 0) is 10.0 Å². The highest BCUT2D eigenvalue weighted by Crippen LogP contribution is 2.25. The summed E-state index contributed by atoms with van der Waals surface area (Å²) in [4.78, 5) is 2.34. The van der Waals surface area contributed by atoms with Crippen molar-refractivity contribution in [2.45, 2.75) is 11.8 Å². The van der Waals surface area contributed by atoms with Gasteiger partial charge in [-0.05, 0) is 37.3 Å². The molecule has 1 heterocycles. The van der Waals surface area contributed by atoms with E-state index in [1.54, 1.807) is 36.4 Å². The second-order valence-electron chi connectivity index (χ2n) is 6.09. The molecular formula is C18H20N4O2S. The number of hydrogen-bond acceptors (Lipinski definition) is 5.